The number of aryl methyl sites for hydroxylation is 1. The summed E-state index contributed by atoms with van der Waals surface area (Å²) in [7, 11) is 1.27. The number of aromatic nitrogens is 2. The minimum atomic E-state index is -0.600. The van der Waals surface area contributed by atoms with Crippen molar-refractivity contribution in [2.45, 2.75) is 25.7 Å². The van der Waals surface area contributed by atoms with E-state index in [0.29, 0.717) is 5.56 Å². The van der Waals surface area contributed by atoms with Crippen LogP contribution in [0.2, 0.25) is 0 Å². The minimum Gasteiger partial charge on any atom is -0.464 e. The number of carbonyl (C=O) groups excluding carboxylic acids is 1. The first-order chi connectivity index (χ1) is 7.77. The largest absolute Gasteiger partial charge is 0.464 e. The van der Waals surface area contributed by atoms with Gasteiger partial charge in [0.25, 0.3) is 0 Å². The van der Waals surface area contributed by atoms with E-state index < -0.39 is 5.97 Å². The van der Waals surface area contributed by atoms with Crippen LogP contribution in [0.1, 0.15) is 40.2 Å². The molecule has 1 aliphatic carbocycles. The van der Waals surface area contributed by atoms with E-state index in [4.69, 9.17) is 5.26 Å². The molecule has 0 radical (unpaired) electrons. The molecule has 2 rings (SSSR count). The highest BCUT2D eigenvalue weighted by molar-refractivity contribution is 5.90. The molecule has 0 N–H and O–H groups in total. The van der Waals surface area contributed by atoms with Crippen LogP contribution in [0.4, 0.5) is 0 Å². The molecule has 0 bridgehead atoms. The van der Waals surface area contributed by atoms with Crippen LogP contribution in [0.3, 0.4) is 0 Å². The van der Waals surface area contributed by atoms with Crippen LogP contribution in [-0.4, -0.2) is 23.3 Å². The number of nitriles is 1. The van der Waals surface area contributed by atoms with Gasteiger partial charge in [0.1, 0.15) is 6.07 Å². The van der Waals surface area contributed by atoms with Crippen LogP contribution in [-0.2, 0) is 17.6 Å². The lowest BCUT2D eigenvalue weighted by molar-refractivity contribution is 0.0592. The summed E-state index contributed by atoms with van der Waals surface area (Å²) in [6.07, 6.45) is 3.70. The lowest BCUT2D eigenvalue weighted by atomic mass is 9.92. The van der Waals surface area contributed by atoms with Gasteiger partial charge in [-0.25, -0.2) is 4.79 Å². The molecule has 5 nitrogen and oxygen atoms in total. The lowest BCUT2D eigenvalue weighted by Gasteiger charge is -2.15. The molecule has 0 unspecified atom stereocenters. The Balaban J connectivity index is 2.57. The number of nitrogens with zero attached hydrogens (tertiary/aromatic N) is 3. The zero-order valence-electron chi connectivity index (χ0n) is 8.99. The van der Waals surface area contributed by atoms with Crippen molar-refractivity contribution in [2.24, 2.45) is 0 Å². The zero-order valence-corrected chi connectivity index (χ0v) is 8.99. The van der Waals surface area contributed by atoms with Crippen molar-refractivity contribution in [1.29, 1.82) is 5.26 Å². The van der Waals surface area contributed by atoms with Crippen LogP contribution in [0, 0.1) is 11.3 Å². The van der Waals surface area contributed by atoms with Crippen molar-refractivity contribution < 1.29 is 9.53 Å². The first-order valence-electron chi connectivity index (χ1n) is 5.14. The highest BCUT2D eigenvalue weighted by atomic mass is 16.5. The monoisotopic (exact) mass is 217 g/mol. The van der Waals surface area contributed by atoms with Crippen LogP contribution < -0.4 is 0 Å². The van der Waals surface area contributed by atoms with Crippen molar-refractivity contribution in [3.63, 3.8) is 0 Å². The molecule has 0 saturated heterocycles. The summed E-state index contributed by atoms with van der Waals surface area (Å²) in [5, 5.41) is 16.9. The zero-order chi connectivity index (χ0) is 11.5. The van der Waals surface area contributed by atoms with Gasteiger partial charge in [-0.3, -0.25) is 0 Å². The van der Waals surface area contributed by atoms with Gasteiger partial charge in [0.05, 0.1) is 18.4 Å². The van der Waals surface area contributed by atoms with E-state index in [1.54, 1.807) is 0 Å². The maximum atomic E-state index is 11.4. The summed E-state index contributed by atoms with van der Waals surface area (Å²) in [4.78, 5) is 11.4. The average molecular weight is 217 g/mol. The molecule has 0 saturated carbocycles. The van der Waals surface area contributed by atoms with E-state index in [0.717, 1.165) is 36.9 Å². The van der Waals surface area contributed by atoms with Gasteiger partial charge in [-0.1, -0.05) is 0 Å². The molecule has 82 valence electrons. The fourth-order valence-corrected chi connectivity index (χ4v) is 1.93. The Labute approximate surface area is 93.1 Å². The summed E-state index contributed by atoms with van der Waals surface area (Å²) >= 11 is 0. The Kier molecular flexibility index (Phi) is 2.82. The summed E-state index contributed by atoms with van der Waals surface area (Å²) in [5.41, 5.74) is 2.07. The highest BCUT2D eigenvalue weighted by Gasteiger charge is 2.23. The maximum Gasteiger partial charge on any atom is 0.359 e. The Bertz CT molecular complexity index is 477. The van der Waals surface area contributed by atoms with Gasteiger partial charge in [-0.2, -0.15) is 10.4 Å². The van der Waals surface area contributed by atoms with Gasteiger partial charge in [0, 0.05) is 0 Å². The SMILES string of the molecule is COC(=O)c1nnc2c(c1C#N)CCCC2. The number of fused-ring (bicyclic) bond motifs is 1. The number of hydrogen-bond donors (Lipinski definition) is 0. The molecule has 1 aliphatic rings. The Hall–Kier alpha value is -1.96. The van der Waals surface area contributed by atoms with Crippen molar-refractivity contribution in [3.05, 3.63) is 22.5 Å². The number of rotatable bonds is 1. The molecule has 1 heterocycles. The van der Waals surface area contributed by atoms with Gasteiger partial charge in [0.15, 0.2) is 5.69 Å². The molecule has 0 aliphatic heterocycles. The van der Waals surface area contributed by atoms with E-state index in [1.165, 1.54) is 7.11 Å². The van der Waals surface area contributed by atoms with Gasteiger partial charge in [0.2, 0.25) is 0 Å². The average Bonchev–Trinajstić information content (AvgIpc) is 2.36. The molecule has 0 spiro atoms. The number of ether oxygens (including phenoxy) is 1. The van der Waals surface area contributed by atoms with Gasteiger partial charge >= 0.3 is 5.97 Å². The second-order valence-electron chi connectivity index (χ2n) is 3.66. The quantitative estimate of drug-likeness (QED) is 0.656. The predicted octanol–water partition coefficient (Wildman–Crippen LogP) is 1.01. The normalized spacial score (nSPS) is 13.8. The van der Waals surface area contributed by atoms with Crippen LogP contribution in [0.25, 0.3) is 0 Å². The topological polar surface area (TPSA) is 75.9 Å². The third kappa shape index (κ3) is 1.63. The molecule has 0 atom stereocenters. The van der Waals surface area contributed by atoms with Crippen LogP contribution in [0.15, 0.2) is 0 Å². The van der Waals surface area contributed by atoms with E-state index >= 15 is 0 Å². The van der Waals surface area contributed by atoms with Crippen molar-refractivity contribution in [1.82, 2.24) is 10.2 Å². The van der Waals surface area contributed by atoms with Crippen molar-refractivity contribution >= 4 is 5.97 Å². The molecule has 0 fully saturated rings. The first-order valence-corrected chi connectivity index (χ1v) is 5.14. The summed E-state index contributed by atoms with van der Waals surface area (Å²) in [6, 6.07) is 2.04. The van der Waals surface area contributed by atoms with Crippen molar-refractivity contribution in [3.8, 4) is 6.07 Å². The highest BCUT2D eigenvalue weighted by Crippen LogP contribution is 2.23. The third-order valence-electron chi connectivity index (χ3n) is 2.74. The fourth-order valence-electron chi connectivity index (χ4n) is 1.93. The molecular weight excluding hydrogens is 206 g/mol. The van der Waals surface area contributed by atoms with Gasteiger partial charge in [-0.15, -0.1) is 5.10 Å². The van der Waals surface area contributed by atoms with E-state index in [2.05, 4.69) is 14.9 Å². The first kappa shape index (κ1) is 10.6. The molecule has 1 aromatic heterocycles. The maximum absolute atomic E-state index is 11.4. The minimum absolute atomic E-state index is 0.0330. The van der Waals surface area contributed by atoms with Gasteiger partial charge in [-0.05, 0) is 31.2 Å². The Morgan fingerprint density at radius 2 is 2.12 bits per heavy atom. The Morgan fingerprint density at radius 1 is 1.38 bits per heavy atom. The number of hydrogen-bond acceptors (Lipinski definition) is 5. The lowest BCUT2D eigenvalue weighted by Crippen LogP contribution is -2.16. The Morgan fingerprint density at radius 3 is 2.81 bits per heavy atom. The number of carbonyl (C=O) groups is 1. The molecule has 16 heavy (non-hydrogen) atoms. The predicted molar refractivity (Wildman–Crippen MR) is 54.7 cm³/mol. The van der Waals surface area contributed by atoms with Crippen LogP contribution in [0.5, 0.6) is 0 Å². The van der Waals surface area contributed by atoms with E-state index in [9.17, 15) is 4.79 Å². The van der Waals surface area contributed by atoms with Gasteiger partial charge < -0.3 is 4.74 Å². The number of methoxy groups -OCH3 is 1. The second-order valence-corrected chi connectivity index (χ2v) is 3.66. The van der Waals surface area contributed by atoms with Crippen molar-refractivity contribution in [2.75, 3.05) is 7.11 Å². The molecule has 0 amide bonds. The summed E-state index contributed by atoms with van der Waals surface area (Å²) in [6.45, 7) is 0. The standard InChI is InChI=1S/C11H11N3O2/c1-16-11(15)10-8(6-12)7-4-2-3-5-9(7)13-14-10/h2-5H2,1H3. The molecular formula is C11H11N3O2. The number of esters is 1. The summed E-state index contributed by atoms with van der Waals surface area (Å²) < 4.78 is 4.58. The van der Waals surface area contributed by atoms with E-state index in [-0.39, 0.29) is 5.69 Å². The van der Waals surface area contributed by atoms with Crippen LogP contribution >= 0.6 is 0 Å². The summed E-state index contributed by atoms with van der Waals surface area (Å²) in [5.74, 6) is -0.600. The fraction of sp³-hybridized carbons (Fsp3) is 0.455. The smallest absolute Gasteiger partial charge is 0.359 e. The molecule has 1 aromatic rings. The molecule has 0 aromatic carbocycles. The molecule has 5 heteroatoms. The van der Waals surface area contributed by atoms with E-state index in [1.807, 2.05) is 6.07 Å². The second kappa shape index (κ2) is 4.27. The third-order valence-corrected chi connectivity index (χ3v) is 2.74.